The number of ketones is 1. The highest BCUT2D eigenvalue weighted by Gasteiger charge is 2.30. The standard InChI is InChI=1S/C39H77NO.C9H20N6O3/c1-4-7-10-12-14-16-18-20-22-23-25-27-29-31-33-36-39(41)40(37-34-9-6-3)38-35-32-30-28-26-24-21-19-17-15-13-11-8-5-2;10-4(2-1-3-15-9(13)14)7(16)5(11)6(12)8(17)18/h20,22H,4-19,21,23-38H2,1-3H3;4-6H,1-3,10-12H2,(H,17,18)(H4,13,14,15)/b22-20-;. The van der Waals surface area contributed by atoms with Crippen LogP contribution in [0, 0.1) is 5.41 Å². The Morgan fingerprint density at radius 1 is 0.559 bits per heavy atom. The fourth-order valence-electron chi connectivity index (χ4n) is 7.18. The van der Waals surface area contributed by atoms with Gasteiger partial charge < -0.3 is 38.3 Å². The maximum atomic E-state index is 13.0. The number of hydrogen-bond acceptors (Lipinski definition) is 7. The smallest absolute Gasteiger partial charge is 0.322 e. The highest BCUT2D eigenvalue weighted by molar-refractivity contribution is 5.93. The molecule has 0 aliphatic heterocycles. The number of rotatable bonds is 42. The third kappa shape index (κ3) is 40.7. The molecule has 0 spiro atoms. The van der Waals surface area contributed by atoms with Gasteiger partial charge in [0.15, 0.2) is 11.7 Å². The van der Waals surface area contributed by atoms with Gasteiger partial charge in [0, 0.05) is 26.1 Å². The molecule has 1 amide bonds. The van der Waals surface area contributed by atoms with E-state index in [0.717, 1.165) is 25.9 Å². The predicted octanol–water partition coefficient (Wildman–Crippen LogP) is 10.4. The molecule has 11 heteroatoms. The Labute approximate surface area is 363 Å². The molecule has 0 aromatic heterocycles. The van der Waals surface area contributed by atoms with Gasteiger partial charge in [0.25, 0.3) is 0 Å². The number of nitrogens with zero attached hydrogens (tertiary/aromatic N) is 1. The number of unbranched alkanes of at least 4 members (excludes halogenated alkanes) is 26. The van der Waals surface area contributed by atoms with E-state index >= 15 is 0 Å². The minimum absolute atomic E-state index is 0.167. The van der Waals surface area contributed by atoms with Crippen molar-refractivity contribution >= 4 is 23.6 Å². The van der Waals surface area contributed by atoms with Gasteiger partial charge in [-0.25, -0.2) is 0 Å². The van der Waals surface area contributed by atoms with E-state index in [9.17, 15) is 14.4 Å². The quantitative estimate of drug-likeness (QED) is 0.0135. The van der Waals surface area contributed by atoms with Crippen molar-refractivity contribution in [1.29, 1.82) is 5.41 Å². The van der Waals surface area contributed by atoms with Gasteiger partial charge in [-0.05, 0) is 57.8 Å². The number of hydrogen-bond donors (Lipinski definition) is 7. The first kappa shape index (κ1) is 58.6. The van der Waals surface area contributed by atoms with E-state index in [0.29, 0.717) is 25.3 Å². The summed E-state index contributed by atoms with van der Waals surface area (Å²) in [6.07, 6.45) is 46.6. The molecule has 3 atom stereocenters. The second-order valence-corrected chi connectivity index (χ2v) is 16.9. The van der Waals surface area contributed by atoms with Crippen molar-refractivity contribution in [2.24, 2.45) is 22.9 Å². The van der Waals surface area contributed by atoms with E-state index in [4.69, 9.17) is 33.5 Å². The topological polar surface area (TPSA) is 215 Å². The lowest BCUT2D eigenvalue weighted by molar-refractivity contribution is -0.141. The molecule has 0 radical (unpaired) electrons. The number of allylic oxidation sites excluding steroid dienone is 2. The molecule has 0 heterocycles. The minimum atomic E-state index is -1.46. The zero-order valence-corrected chi connectivity index (χ0v) is 38.8. The van der Waals surface area contributed by atoms with Gasteiger partial charge in [0.05, 0.1) is 12.1 Å². The van der Waals surface area contributed by atoms with Gasteiger partial charge in [-0.3, -0.25) is 19.8 Å². The molecule has 0 aliphatic carbocycles. The Balaban J connectivity index is 0. The normalized spacial score (nSPS) is 12.8. The van der Waals surface area contributed by atoms with Crippen LogP contribution in [0.2, 0.25) is 0 Å². The van der Waals surface area contributed by atoms with Crippen LogP contribution in [0.4, 0.5) is 0 Å². The van der Waals surface area contributed by atoms with Crippen molar-refractivity contribution in [3.05, 3.63) is 12.2 Å². The number of amides is 1. The van der Waals surface area contributed by atoms with Gasteiger partial charge in [-0.2, -0.15) is 0 Å². The number of carboxylic acids is 1. The Kier molecular flexibility index (Phi) is 44.7. The molecule has 348 valence electrons. The molecule has 0 aliphatic rings. The number of Topliss-reactive ketones (excluding diaryl/α,β-unsaturated/α-hetero) is 1. The highest BCUT2D eigenvalue weighted by Crippen LogP contribution is 2.15. The van der Waals surface area contributed by atoms with Crippen LogP contribution in [0.25, 0.3) is 0 Å². The van der Waals surface area contributed by atoms with Crippen molar-refractivity contribution in [3.63, 3.8) is 0 Å². The van der Waals surface area contributed by atoms with Gasteiger partial charge in [-0.1, -0.05) is 181 Å². The maximum absolute atomic E-state index is 13.0. The average Bonchev–Trinajstić information content (AvgIpc) is 3.22. The second kappa shape index (κ2) is 45.0. The zero-order chi connectivity index (χ0) is 44.2. The summed E-state index contributed by atoms with van der Waals surface area (Å²) in [5, 5.41) is 18.1. The predicted molar refractivity (Wildman–Crippen MR) is 252 cm³/mol. The minimum Gasteiger partial charge on any atom is -0.480 e. The van der Waals surface area contributed by atoms with E-state index in [2.05, 4.69) is 43.1 Å². The van der Waals surface area contributed by atoms with E-state index in [1.807, 2.05) is 0 Å². The van der Waals surface area contributed by atoms with Crippen LogP contribution in [0.3, 0.4) is 0 Å². The molecule has 3 unspecified atom stereocenters. The van der Waals surface area contributed by atoms with Crippen molar-refractivity contribution < 1.29 is 19.5 Å². The molecule has 59 heavy (non-hydrogen) atoms. The van der Waals surface area contributed by atoms with Gasteiger partial charge in [0.2, 0.25) is 5.91 Å². The summed E-state index contributed by atoms with van der Waals surface area (Å²) >= 11 is 0. The second-order valence-electron chi connectivity index (χ2n) is 16.9. The molecule has 11 nitrogen and oxygen atoms in total. The summed E-state index contributed by atoms with van der Waals surface area (Å²) in [4.78, 5) is 37.4. The Hall–Kier alpha value is -2.50. The largest absolute Gasteiger partial charge is 0.480 e. The molecular weight excluding hydrogens is 739 g/mol. The number of aliphatic carboxylic acids is 1. The molecule has 0 saturated heterocycles. The lowest BCUT2D eigenvalue weighted by Crippen LogP contribution is -2.56. The Morgan fingerprint density at radius 3 is 1.36 bits per heavy atom. The lowest BCUT2D eigenvalue weighted by Gasteiger charge is -2.23. The van der Waals surface area contributed by atoms with Crippen LogP contribution in [-0.4, -0.2) is 71.4 Å². The Morgan fingerprint density at radius 2 is 0.932 bits per heavy atom. The monoisotopic (exact) mass is 836 g/mol. The van der Waals surface area contributed by atoms with Gasteiger partial charge >= 0.3 is 5.97 Å². The number of carbonyl (C=O) groups excluding carboxylic acids is 2. The number of carbonyl (C=O) groups is 3. The van der Waals surface area contributed by atoms with Crippen molar-refractivity contribution in [2.75, 3.05) is 19.6 Å². The van der Waals surface area contributed by atoms with Crippen LogP contribution in [0.15, 0.2) is 12.2 Å². The molecule has 0 saturated carbocycles. The van der Waals surface area contributed by atoms with E-state index < -0.39 is 29.9 Å². The number of nitrogens with one attached hydrogen (secondary N) is 2. The fourth-order valence-corrected chi connectivity index (χ4v) is 7.18. The summed E-state index contributed by atoms with van der Waals surface area (Å²) < 4.78 is 0. The summed E-state index contributed by atoms with van der Waals surface area (Å²) in [5.41, 5.74) is 21.3. The lowest BCUT2D eigenvalue weighted by atomic mass is 9.97. The maximum Gasteiger partial charge on any atom is 0.322 e. The average molecular weight is 836 g/mol. The fraction of sp³-hybridized carbons (Fsp3) is 0.875. The first-order valence-electron chi connectivity index (χ1n) is 24.6. The summed E-state index contributed by atoms with van der Waals surface area (Å²) in [5.74, 6) is -1.68. The van der Waals surface area contributed by atoms with E-state index in [1.54, 1.807) is 0 Å². The van der Waals surface area contributed by atoms with Gasteiger partial charge in [-0.15, -0.1) is 0 Å². The third-order valence-corrected chi connectivity index (χ3v) is 11.2. The molecular formula is C48H97N7O4. The number of guanidine groups is 1. The highest BCUT2D eigenvalue weighted by atomic mass is 16.4. The molecule has 0 aromatic carbocycles. The first-order chi connectivity index (χ1) is 28.5. The SMILES string of the molecule is CCCCCCCC/C=C\CCCCCCCC(=O)N(CCCCC)CCCCCCCCCCCCCCCC.N=C(N)NCCCC(N)C(=O)C(N)C(N)C(=O)O. The number of carboxylic acid groups (broad SMARTS) is 1. The summed E-state index contributed by atoms with van der Waals surface area (Å²) in [7, 11) is 0. The van der Waals surface area contributed by atoms with Crippen molar-refractivity contribution in [1.82, 2.24) is 10.2 Å². The molecule has 0 rings (SSSR count). The zero-order valence-electron chi connectivity index (χ0n) is 38.8. The van der Waals surface area contributed by atoms with Crippen molar-refractivity contribution in [2.45, 2.75) is 251 Å². The summed E-state index contributed by atoms with van der Waals surface area (Å²) in [6, 6.07) is -3.66. The van der Waals surface area contributed by atoms with Crippen molar-refractivity contribution in [3.8, 4) is 0 Å². The van der Waals surface area contributed by atoms with Gasteiger partial charge in [0.1, 0.15) is 6.04 Å². The molecule has 0 bridgehead atoms. The summed E-state index contributed by atoms with van der Waals surface area (Å²) in [6.45, 7) is 9.21. The van der Waals surface area contributed by atoms with Crippen LogP contribution in [0.5, 0.6) is 0 Å². The van der Waals surface area contributed by atoms with E-state index in [1.165, 1.54) is 186 Å². The number of nitrogens with two attached hydrogens (primary N) is 4. The first-order valence-corrected chi connectivity index (χ1v) is 24.6. The molecule has 0 aromatic rings. The van der Waals surface area contributed by atoms with E-state index in [-0.39, 0.29) is 5.96 Å². The molecule has 11 N–H and O–H groups in total. The van der Waals surface area contributed by atoms with Crippen LogP contribution < -0.4 is 28.3 Å². The third-order valence-electron chi connectivity index (χ3n) is 11.2. The van der Waals surface area contributed by atoms with Crippen LogP contribution >= 0.6 is 0 Å². The van der Waals surface area contributed by atoms with Crippen LogP contribution in [0.1, 0.15) is 233 Å². The Bertz CT molecular complexity index is 1010. The van der Waals surface area contributed by atoms with Crippen LogP contribution in [-0.2, 0) is 14.4 Å². The molecule has 0 fully saturated rings.